The first-order chi connectivity index (χ1) is 21.8. The highest BCUT2D eigenvalue weighted by Gasteiger charge is 2.79. The van der Waals surface area contributed by atoms with Gasteiger partial charge in [-0.3, -0.25) is 14.4 Å². The van der Waals surface area contributed by atoms with Gasteiger partial charge in [0.25, 0.3) is 5.91 Å². The third kappa shape index (κ3) is 5.25. The van der Waals surface area contributed by atoms with E-state index < -0.39 is 29.1 Å². The highest BCUT2D eigenvalue weighted by molar-refractivity contribution is 6.07. The predicted molar refractivity (Wildman–Crippen MR) is 177 cm³/mol. The molecule has 2 aromatic rings. The Hall–Kier alpha value is -3.95. The van der Waals surface area contributed by atoms with Crippen molar-refractivity contribution in [1.82, 2.24) is 4.90 Å². The molecule has 1 N–H and O–H groups in total. The number of likely N-dealkylation sites (tertiary alicyclic amines) is 1. The van der Waals surface area contributed by atoms with Crippen LogP contribution >= 0.6 is 0 Å². The minimum Gasteiger partial charge on any atom is -0.395 e. The maximum atomic E-state index is 14.8. The molecule has 0 radical (unpaired) electrons. The molecule has 0 aromatic heterocycles. The molecule has 3 heterocycles. The second-order valence-electron chi connectivity index (χ2n) is 12.1. The molecule has 5 rings (SSSR count). The zero-order valence-electron chi connectivity index (χ0n) is 26.7. The van der Waals surface area contributed by atoms with Gasteiger partial charge >= 0.3 is 0 Å². The van der Waals surface area contributed by atoms with E-state index in [9.17, 15) is 19.5 Å². The van der Waals surface area contributed by atoms with Crippen LogP contribution in [0.1, 0.15) is 40.0 Å². The maximum absolute atomic E-state index is 14.8. The van der Waals surface area contributed by atoms with E-state index in [1.807, 2.05) is 61.5 Å². The summed E-state index contributed by atoms with van der Waals surface area (Å²) in [5, 5.41) is 10.1. The van der Waals surface area contributed by atoms with Gasteiger partial charge in [0.1, 0.15) is 11.6 Å². The minimum atomic E-state index is -1.20. The number of hydrogen-bond acceptors (Lipinski definition) is 6. The van der Waals surface area contributed by atoms with Crippen molar-refractivity contribution in [2.45, 2.75) is 57.3 Å². The lowest BCUT2D eigenvalue weighted by atomic mass is 9.64. The number of aliphatic hydroxyl groups excluding tert-OH is 1. The van der Waals surface area contributed by atoms with E-state index in [4.69, 9.17) is 4.74 Å². The molecule has 0 saturated carbocycles. The Morgan fingerprint density at radius 2 is 1.49 bits per heavy atom. The number of aliphatic hydroxyl groups is 1. The molecule has 240 valence electrons. The molecular formula is C36H46N4O5. The summed E-state index contributed by atoms with van der Waals surface area (Å²) in [5.74, 6) is -2.48. The average Bonchev–Trinajstić information content (AvgIpc) is 3.67. The zero-order valence-corrected chi connectivity index (χ0v) is 26.7. The van der Waals surface area contributed by atoms with Crippen molar-refractivity contribution < 1.29 is 24.2 Å². The van der Waals surface area contributed by atoms with Crippen LogP contribution in [0, 0.1) is 11.8 Å². The molecule has 3 aliphatic rings. The van der Waals surface area contributed by atoms with Crippen LogP contribution < -0.4 is 14.7 Å². The molecular weight excluding hydrogens is 568 g/mol. The molecule has 1 spiro atoms. The number of β-amino-alcohol motifs (C(OH)–C–C–N with tert-alkyl or cyclic N) is 1. The van der Waals surface area contributed by atoms with Gasteiger partial charge in [-0.05, 0) is 69.5 Å². The first-order valence-electron chi connectivity index (χ1n) is 16.1. The molecule has 3 fully saturated rings. The summed E-state index contributed by atoms with van der Waals surface area (Å²) in [4.78, 5) is 50.7. The topological polar surface area (TPSA) is 93.6 Å². The Labute approximate surface area is 266 Å². The van der Waals surface area contributed by atoms with Crippen LogP contribution in [-0.2, 0) is 19.1 Å². The van der Waals surface area contributed by atoms with Gasteiger partial charge in [0.2, 0.25) is 11.8 Å². The number of para-hydroxylation sites is 1. The first-order valence-corrected chi connectivity index (χ1v) is 16.1. The van der Waals surface area contributed by atoms with Crippen LogP contribution in [0.3, 0.4) is 0 Å². The summed E-state index contributed by atoms with van der Waals surface area (Å²) in [7, 11) is 0. The average molecular weight is 615 g/mol. The Morgan fingerprint density at radius 3 is 2.04 bits per heavy atom. The van der Waals surface area contributed by atoms with Crippen molar-refractivity contribution in [3.05, 3.63) is 79.9 Å². The minimum absolute atomic E-state index is 0.0330. The summed E-state index contributed by atoms with van der Waals surface area (Å²) in [5.41, 5.74) is 0.360. The molecule has 0 aliphatic carbocycles. The number of benzene rings is 2. The van der Waals surface area contributed by atoms with Gasteiger partial charge in [-0.15, -0.1) is 13.2 Å². The Balaban J connectivity index is 1.57. The van der Waals surface area contributed by atoms with Crippen LogP contribution in [0.25, 0.3) is 0 Å². The van der Waals surface area contributed by atoms with Gasteiger partial charge in [-0.25, -0.2) is 0 Å². The van der Waals surface area contributed by atoms with E-state index in [1.54, 1.807) is 22.0 Å². The van der Waals surface area contributed by atoms with Crippen LogP contribution in [0.15, 0.2) is 79.9 Å². The summed E-state index contributed by atoms with van der Waals surface area (Å²) < 4.78 is 6.95. The number of carbonyl (C=O) groups excluding carboxylic acids is 3. The third-order valence-electron chi connectivity index (χ3n) is 10.0. The lowest BCUT2D eigenvalue weighted by Crippen LogP contribution is -2.57. The molecule has 2 aromatic carbocycles. The van der Waals surface area contributed by atoms with Crippen LogP contribution in [0.5, 0.6) is 0 Å². The zero-order chi connectivity index (χ0) is 32.4. The number of hydrogen-bond donors (Lipinski definition) is 1. The standard InChI is InChI=1S/C36H46N4O5/c1-6-22-38(27-14-12-11-13-15-27)32(42)29-30-33(43)40(24-25-41)31(36(30)21-20-35(29,8-3)45-36)34(44)39(23-7-2)28-18-16-26(17-19-28)37(9-4)10-5/h6-7,11-19,29-31,41H,1-2,8-10,20-25H2,3-5H3/t29-,30-,31?,35+,36?/m0/s1. The number of nitrogens with zero attached hydrogens (tertiary/aromatic N) is 4. The van der Waals surface area contributed by atoms with Crippen molar-refractivity contribution in [2.24, 2.45) is 11.8 Å². The fourth-order valence-electron chi connectivity index (χ4n) is 7.98. The quantitative estimate of drug-likeness (QED) is 0.317. The second kappa shape index (κ2) is 13.2. The fraction of sp³-hybridized carbons (Fsp3) is 0.472. The smallest absolute Gasteiger partial charge is 0.253 e. The van der Waals surface area contributed by atoms with Gasteiger partial charge in [-0.1, -0.05) is 37.3 Å². The molecule has 2 bridgehead atoms. The molecule has 2 unspecified atom stereocenters. The summed E-state index contributed by atoms with van der Waals surface area (Å²) in [6.07, 6.45) is 4.88. The lowest BCUT2D eigenvalue weighted by Gasteiger charge is -2.37. The molecule has 3 aliphatic heterocycles. The number of amides is 3. The summed E-state index contributed by atoms with van der Waals surface area (Å²) in [6.45, 7) is 15.8. The monoisotopic (exact) mass is 614 g/mol. The van der Waals surface area contributed by atoms with Crippen molar-refractivity contribution in [1.29, 1.82) is 0 Å². The van der Waals surface area contributed by atoms with Crippen LogP contribution in [0.2, 0.25) is 0 Å². The van der Waals surface area contributed by atoms with Gasteiger partial charge in [0.05, 0.1) is 24.0 Å². The van der Waals surface area contributed by atoms with Crippen LogP contribution in [0.4, 0.5) is 17.1 Å². The largest absolute Gasteiger partial charge is 0.395 e. The summed E-state index contributed by atoms with van der Waals surface area (Å²) >= 11 is 0. The van der Waals surface area contributed by atoms with E-state index in [0.717, 1.165) is 18.8 Å². The third-order valence-corrected chi connectivity index (χ3v) is 10.0. The van der Waals surface area contributed by atoms with Crippen molar-refractivity contribution in [3.8, 4) is 0 Å². The van der Waals surface area contributed by atoms with E-state index in [1.165, 1.54) is 4.90 Å². The molecule has 9 nitrogen and oxygen atoms in total. The predicted octanol–water partition coefficient (Wildman–Crippen LogP) is 4.42. The number of fused-ring (bicyclic) bond motifs is 1. The highest BCUT2D eigenvalue weighted by atomic mass is 16.5. The normalized spacial score (nSPS) is 26.4. The van der Waals surface area contributed by atoms with Gasteiger partial charge in [0, 0.05) is 49.8 Å². The maximum Gasteiger partial charge on any atom is 0.253 e. The Morgan fingerprint density at radius 1 is 0.911 bits per heavy atom. The molecule has 45 heavy (non-hydrogen) atoms. The highest BCUT2D eigenvalue weighted by Crippen LogP contribution is 2.64. The Kier molecular flexibility index (Phi) is 9.51. The Bertz CT molecular complexity index is 1410. The van der Waals surface area contributed by atoms with Crippen molar-refractivity contribution in [3.63, 3.8) is 0 Å². The number of rotatable bonds is 14. The second-order valence-corrected chi connectivity index (χ2v) is 12.1. The summed E-state index contributed by atoms with van der Waals surface area (Å²) in [6, 6.07) is 16.2. The number of carbonyl (C=O) groups is 3. The number of anilines is 3. The van der Waals surface area contributed by atoms with Gasteiger partial charge in [-0.2, -0.15) is 0 Å². The van der Waals surface area contributed by atoms with E-state index >= 15 is 0 Å². The molecule has 3 saturated heterocycles. The molecule has 3 amide bonds. The van der Waals surface area contributed by atoms with E-state index in [2.05, 4.69) is 31.9 Å². The molecule has 9 heteroatoms. The lowest BCUT2D eigenvalue weighted by molar-refractivity contribution is -0.146. The van der Waals surface area contributed by atoms with Gasteiger partial charge < -0.3 is 29.4 Å². The van der Waals surface area contributed by atoms with Gasteiger partial charge in [0.15, 0.2) is 0 Å². The SMILES string of the molecule is C=CCN(C(=O)C1N(CCO)C(=O)[C@@H]2[C@@H](C(=O)N(CC=C)c3ccccc3)[C@@]3(CC)CCC12O3)c1ccc(N(CC)CC)cc1. The van der Waals surface area contributed by atoms with E-state index in [0.29, 0.717) is 30.6 Å². The van der Waals surface area contributed by atoms with E-state index in [-0.39, 0.29) is 44.0 Å². The van der Waals surface area contributed by atoms with Crippen molar-refractivity contribution >= 4 is 34.8 Å². The fourth-order valence-corrected chi connectivity index (χ4v) is 7.98. The first kappa shape index (κ1) is 32.4. The number of ether oxygens (including phenoxy) is 1. The van der Waals surface area contributed by atoms with Crippen LogP contribution in [-0.4, -0.2) is 84.3 Å². The van der Waals surface area contributed by atoms with Crippen molar-refractivity contribution in [2.75, 3.05) is 54.0 Å². The molecule has 5 atom stereocenters.